The number of anilines is 1. The maximum absolute atomic E-state index is 12.1. The number of rotatable bonds is 3. The first kappa shape index (κ1) is 13.2. The predicted molar refractivity (Wildman–Crippen MR) is 69.7 cm³/mol. The Morgan fingerprint density at radius 1 is 1.47 bits per heavy atom. The third kappa shape index (κ3) is 2.21. The molecule has 1 aromatic carbocycles. The van der Waals surface area contributed by atoms with Crippen LogP contribution in [0.1, 0.15) is 5.56 Å². The molecule has 1 atom stereocenters. The summed E-state index contributed by atoms with van der Waals surface area (Å²) in [5.41, 5.74) is 1.58. The predicted octanol–water partition coefficient (Wildman–Crippen LogP) is 1.33. The van der Waals surface area contributed by atoms with E-state index in [1.807, 2.05) is 19.1 Å². The molecule has 1 aromatic rings. The SMILES string of the molecule is COc1ccc(C)cc1N1CC(C(=O)O)N(C)C1=O. The second kappa shape index (κ2) is 4.79. The van der Waals surface area contributed by atoms with Gasteiger partial charge in [-0.3, -0.25) is 4.90 Å². The summed E-state index contributed by atoms with van der Waals surface area (Å²) in [5.74, 6) is -0.455. The van der Waals surface area contributed by atoms with Crippen LogP contribution in [0.5, 0.6) is 5.75 Å². The van der Waals surface area contributed by atoms with Gasteiger partial charge < -0.3 is 14.7 Å². The average molecular weight is 264 g/mol. The number of carbonyl (C=O) groups is 2. The van der Waals surface area contributed by atoms with E-state index in [4.69, 9.17) is 9.84 Å². The number of carboxylic acid groups (broad SMARTS) is 1. The van der Waals surface area contributed by atoms with Crippen molar-refractivity contribution in [1.82, 2.24) is 4.90 Å². The van der Waals surface area contributed by atoms with E-state index in [0.29, 0.717) is 11.4 Å². The van der Waals surface area contributed by atoms with Crippen molar-refractivity contribution < 1.29 is 19.4 Å². The highest BCUT2D eigenvalue weighted by Crippen LogP contribution is 2.32. The number of likely N-dealkylation sites (N-methyl/N-ethyl adjacent to an activating group) is 1. The maximum atomic E-state index is 12.1. The van der Waals surface area contributed by atoms with Gasteiger partial charge in [-0.15, -0.1) is 0 Å². The van der Waals surface area contributed by atoms with E-state index in [-0.39, 0.29) is 12.6 Å². The number of aryl methyl sites for hydroxylation is 1. The summed E-state index contributed by atoms with van der Waals surface area (Å²) < 4.78 is 5.23. The molecule has 1 N–H and O–H groups in total. The summed E-state index contributed by atoms with van der Waals surface area (Å²) in [6, 6.07) is 4.29. The van der Waals surface area contributed by atoms with Crippen molar-refractivity contribution in [2.45, 2.75) is 13.0 Å². The van der Waals surface area contributed by atoms with Crippen molar-refractivity contribution in [2.75, 3.05) is 25.6 Å². The van der Waals surface area contributed by atoms with Crippen LogP contribution in [0, 0.1) is 6.92 Å². The summed E-state index contributed by atoms with van der Waals surface area (Å²) in [5, 5.41) is 9.10. The summed E-state index contributed by atoms with van der Waals surface area (Å²) in [6.07, 6.45) is 0. The zero-order valence-corrected chi connectivity index (χ0v) is 11.1. The fraction of sp³-hybridized carbons (Fsp3) is 0.385. The summed E-state index contributed by atoms with van der Waals surface area (Å²) in [6.45, 7) is 2.02. The van der Waals surface area contributed by atoms with Crippen molar-refractivity contribution in [3.05, 3.63) is 23.8 Å². The second-order valence-electron chi connectivity index (χ2n) is 4.53. The molecule has 2 rings (SSSR count). The molecule has 1 unspecified atom stereocenters. The number of ether oxygens (including phenoxy) is 1. The van der Waals surface area contributed by atoms with E-state index < -0.39 is 12.0 Å². The second-order valence-corrected chi connectivity index (χ2v) is 4.53. The Hall–Kier alpha value is -2.24. The number of carboxylic acids is 1. The van der Waals surface area contributed by atoms with Gasteiger partial charge in [0.2, 0.25) is 0 Å². The molecule has 0 aromatic heterocycles. The highest BCUT2D eigenvalue weighted by atomic mass is 16.5. The van der Waals surface area contributed by atoms with Crippen molar-refractivity contribution in [3.63, 3.8) is 0 Å². The quantitative estimate of drug-likeness (QED) is 0.894. The third-order valence-corrected chi connectivity index (χ3v) is 3.27. The van der Waals surface area contributed by atoms with E-state index >= 15 is 0 Å². The lowest BCUT2D eigenvalue weighted by molar-refractivity contribution is -0.140. The first-order valence-corrected chi connectivity index (χ1v) is 5.87. The molecule has 1 heterocycles. The molecule has 0 radical (unpaired) electrons. The highest BCUT2D eigenvalue weighted by molar-refractivity contribution is 5.99. The first-order valence-electron chi connectivity index (χ1n) is 5.87. The van der Waals surface area contributed by atoms with Crippen LogP contribution in [0.2, 0.25) is 0 Å². The Kier molecular flexibility index (Phi) is 3.33. The minimum atomic E-state index is -1.01. The van der Waals surface area contributed by atoms with Crippen LogP contribution < -0.4 is 9.64 Å². The smallest absolute Gasteiger partial charge is 0.328 e. The van der Waals surface area contributed by atoms with Gasteiger partial charge in [0, 0.05) is 7.05 Å². The number of nitrogens with zero attached hydrogens (tertiary/aromatic N) is 2. The normalized spacial score (nSPS) is 18.9. The number of amides is 2. The summed E-state index contributed by atoms with van der Waals surface area (Å²) in [7, 11) is 3.01. The van der Waals surface area contributed by atoms with E-state index in [0.717, 1.165) is 5.56 Å². The highest BCUT2D eigenvalue weighted by Gasteiger charge is 2.40. The molecule has 102 valence electrons. The Morgan fingerprint density at radius 3 is 2.68 bits per heavy atom. The van der Waals surface area contributed by atoms with Gasteiger partial charge in [-0.25, -0.2) is 9.59 Å². The Labute approximate surface area is 111 Å². The lowest BCUT2D eigenvalue weighted by Gasteiger charge is -2.19. The number of methoxy groups -OCH3 is 1. The molecular formula is C13H16N2O4. The van der Waals surface area contributed by atoms with Gasteiger partial charge in [0.1, 0.15) is 11.8 Å². The lowest BCUT2D eigenvalue weighted by atomic mass is 10.2. The van der Waals surface area contributed by atoms with Crippen molar-refractivity contribution in [2.24, 2.45) is 0 Å². The number of aliphatic carboxylic acids is 1. The van der Waals surface area contributed by atoms with Gasteiger partial charge in [-0.05, 0) is 24.6 Å². The van der Waals surface area contributed by atoms with Crippen LogP contribution in [0.3, 0.4) is 0 Å². The number of hydrogen-bond donors (Lipinski definition) is 1. The molecule has 0 spiro atoms. The fourth-order valence-electron chi connectivity index (χ4n) is 2.15. The molecule has 1 fully saturated rings. The largest absolute Gasteiger partial charge is 0.495 e. The summed E-state index contributed by atoms with van der Waals surface area (Å²) in [4.78, 5) is 25.9. The van der Waals surface area contributed by atoms with E-state index in [1.165, 1.54) is 24.0 Å². The lowest BCUT2D eigenvalue weighted by Crippen LogP contribution is -2.36. The topological polar surface area (TPSA) is 70.1 Å². The van der Waals surface area contributed by atoms with Crippen molar-refractivity contribution in [3.8, 4) is 5.75 Å². The molecule has 1 saturated heterocycles. The first-order chi connectivity index (χ1) is 8.95. The third-order valence-electron chi connectivity index (χ3n) is 3.27. The number of carbonyl (C=O) groups excluding carboxylic acids is 1. The summed E-state index contributed by atoms with van der Waals surface area (Å²) >= 11 is 0. The standard InChI is InChI=1S/C13H16N2O4/c1-8-4-5-11(19-3)9(6-8)15-7-10(12(16)17)14(2)13(15)18/h4-6,10H,7H2,1-3H3,(H,16,17). The number of urea groups is 1. The van der Waals surface area contributed by atoms with Gasteiger partial charge in [0.15, 0.2) is 0 Å². The van der Waals surface area contributed by atoms with Gasteiger partial charge in [0.05, 0.1) is 19.3 Å². The van der Waals surface area contributed by atoms with E-state index in [2.05, 4.69) is 0 Å². The molecule has 0 bridgehead atoms. The molecular weight excluding hydrogens is 248 g/mol. The molecule has 6 heteroatoms. The van der Waals surface area contributed by atoms with Crippen molar-refractivity contribution in [1.29, 1.82) is 0 Å². The molecule has 19 heavy (non-hydrogen) atoms. The molecule has 2 amide bonds. The molecule has 1 aliphatic rings. The van der Waals surface area contributed by atoms with E-state index in [1.54, 1.807) is 6.07 Å². The maximum Gasteiger partial charge on any atom is 0.328 e. The van der Waals surface area contributed by atoms with Crippen LogP contribution in [-0.4, -0.2) is 48.8 Å². The van der Waals surface area contributed by atoms with Crippen LogP contribution in [0.15, 0.2) is 18.2 Å². The number of hydrogen-bond acceptors (Lipinski definition) is 3. The Bertz CT molecular complexity index is 529. The monoisotopic (exact) mass is 264 g/mol. The molecule has 0 saturated carbocycles. The van der Waals surface area contributed by atoms with Gasteiger partial charge in [0.25, 0.3) is 0 Å². The zero-order chi connectivity index (χ0) is 14.2. The Morgan fingerprint density at radius 2 is 2.16 bits per heavy atom. The van der Waals surface area contributed by atoms with Crippen LogP contribution in [0.4, 0.5) is 10.5 Å². The minimum absolute atomic E-state index is 0.116. The van der Waals surface area contributed by atoms with Crippen molar-refractivity contribution >= 4 is 17.7 Å². The Balaban J connectivity index is 2.40. The van der Waals surface area contributed by atoms with Gasteiger partial charge in [-0.1, -0.05) is 6.07 Å². The number of benzene rings is 1. The fourth-order valence-corrected chi connectivity index (χ4v) is 2.15. The minimum Gasteiger partial charge on any atom is -0.495 e. The molecule has 1 aliphatic heterocycles. The van der Waals surface area contributed by atoms with Gasteiger partial charge >= 0.3 is 12.0 Å². The van der Waals surface area contributed by atoms with E-state index in [9.17, 15) is 9.59 Å². The van der Waals surface area contributed by atoms with Crippen LogP contribution in [0.25, 0.3) is 0 Å². The van der Waals surface area contributed by atoms with Crippen LogP contribution in [-0.2, 0) is 4.79 Å². The average Bonchev–Trinajstić information content (AvgIpc) is 2.66. The molecule has 0 aliphatic carbocycles. The zero-order valence-electron chi connectivity index (χ0n) is 11.1. The van der Waals surface area contributed by atoms with Gasteiger partial charge in [-0.2, -0.15) is 0 Å². The molecule has 6 nitrogen and oxygen atoms in total. The van der Waals surface area contributed by atoms with Crippen LogP contribution >= 0.6 is 0 Å².